The molecular weight excluding hydrogens is 340 g/mol. The van der Waals surface area contributed by atoms with Crippen molar-refractivity contribution in [1.29, 1.82) is 0 Å². The predicted molar refractivity (Wildman–Crippen MR) is 104 cm³/mol. The molecule has 1 aliphatic rings. The van der Waals surface area contributed by atoms with Gasteiger partial charge in [0.1, 0.15) is 5.75 Å². The van der Waals surface area contributed by atoms with Gasteiger partial charge >= 0.3 is 0 Å². The van der Waals surface area contributed by atoms with Crippen LogP contribution in [0, 0.1) is 0 Å². The quantitative estimate of drug-likeness (QED) is 0.697. The Balaban J connectivity index is 1.22. The fourth-order valence-corrected chi connectivity index (χ4v) is 3.55. The van der Waals surface area contributed by atoms with Crippen molar-refractivity contribution in [1.82, 2.24) is 10.1 Å². The molecule has 1 fully saturated rings. The van der Waals surface area contributed by atoms with E-state index in [1.54, 1.807) is 17.0 Å². The molecule has 1 aromatic heterocycles. The van der Waals surface area contributed by atoms with E-state index in [0.29, 0.717) is 11.6 Å². The van der Waals surface area contributed by atoms with Crippen LogP contribution in [-0.4, -0.2) is 48.0 Å². The van der Waals surface area contributed by atoms with Gasteiger partial charge in [0.15, 0.2) is 0 Å². The average Bonchev–Trinajstić information content (AvgIpc) is 3.19. The maximum Gasteiger partial charge on any atom is 0.227 e. The first-order chi connectivity index (χ1) is 13.3. The molecule has 6 nitrogen and oxygen atoms in total. The third kappa shape index (κ3) is 4.46. The van der Waals surface area contributed by atoms with E-state index in [1.807, 2.05) is 42.5 Å². The molecule has 0 spiro atoms. The number of nitrogens with one attached hydrogen (secondary N) is 1. The van der Waals surface area contributed by atoms with Gasteiger partial charge in [-0.2, -0.15) is 4.98 Å². The van der Waals surface area contributed by atoms with Crippen molar-refractivity contribution < 1.29 is 14.5 Å². The Kier molecular flexibility index (Phi) is 5.34. The molecule has 0 unspecified atom stereocenters. The lowest BCUT2D eigenvalue weighted by Gasteiger charge is -2.33. The van der Waals surface area contributed by atoms with Crippen molar-refractivity contribution in [3.63, 3.8) is 0 Å². The lowest BCUT2D eigenvalue weighted by atomic mass is 10.2. The summed E-state index contributed by atoms with van der Waals surface area (Å²) in [7, 11) is 0. The zero-order valence-electron chi connectivity index (χ0n) is 15.3. The smallest absolute Gasteiger partial charge is 0.227 e. The fraction of sp³-hybridized carbons (Fsp3) is 0.333. The summed E-state index contributed by atoms with van der Waals surface area (Å²) in [5.41, 5.74) is 2.18. The molecule has 1 saturated heterocycles. The van der Waals surface area contributed by atoms with Gasteiger partial charge in [-0.3, -0.25) is 0 Å². The summed E-state index contributed by atoms with van der Waals surface area (Å²) >= 11 is 0. The topological polar surface area (TPSA) is 66.8 Å². The molecular formula is C21H25N4O2+. The molecule has 4 rings (SSSR count). The van der Waals surface area contributed by atoms with Crippen molar-refractivity contribution in [2.24, 2.45) is 0 Å². The van der Waals surface area contributed by atoms with E-state index in [2.05, 4.69) is 15.0 Å². The summed E-state index contributed by atoms with van der Waals surface area (Å²) < 4.78 is 5.39. The van der Waals surface area contributed by atoms with Crippen LogP contribution in [0.5, 0.6) is 5.75 Å². The van der Waals surface area contributed by atoms with Gasteiger partial charge in [-0.15, -0.1) is 0 Å². The van der Waals surface area contributed by atoms with Gasteiger partial charge in [0.2, 0.25) is 11.7 Å². The summed E-state index contributed by atoms with van der Waals surface area (Å²) in [6.45, 7) is 5.45. The Labute approximate surface area is 159 Å². The van der Waals surface area contributed by atoms with Gasteiger partial charge in [0.25, 0.3) is 0 Å². The minimum Gasteiger partial charge on any atom is -0.508 e. The van der Waals surface area contributed by atoms with Crippen LogP contribution in [0.2, 0.25) is 0 Å². The lowest BCUT2D eigenvalue weighted by Crippen LogP contribution is -3.14. The molecule has 0 aliphatic carbocycles. The largest absolute Gasteiger partial charge is 0.508 e. The van der Waals surface area contributed by atoms with Crippen molar-refractivity contribution in [3.8, 4) is 17.1 Å². The Bertz CT molecular complexity index is 840. The van der Waals surface area contributed by atoms with Crippen LogP contribution in [0.1, 0.15) is 12.3 Å². The minimum absolute atomic E-state index is 0.319. The van der Waals surface area contributed by atoms with Crippen LogP contribution in [0.3, 0.4) is 0 Å². The average molecular weight is 365 g/mol. The van der Waals surface area contributed by atoms with Gasteiger partial charge in [0.05, 0.1) is 32.7 Å². The van der Waals surface area contributed by atoms with E-state index in [1.165, 1.54) is 5.69 Å². The maximum atomic E-state index is 9.41. The van der Waals surface area contributed by atoms with E-state index >= 15 is 0 Å². The number of nitrogens with zero attached hydrogens (tertiary/aromatic N) is 3. The number of phenolic OH excluding ortho intramolecular Hbond substituents is 1. The molecule has 27 heavy (non-hydrogen) atoms. The van der Waals surface area contributed by atoms with Gasteiger partial charge in [0, 0.05) is 24.1 Å². The number of quaternary nitrogens is 1. The third-order valence-electron chi connectivity index (χ3n) is 5.11. The highest BCUT2D eigenvalue weighted by molar-refractivity contribution is 5.53. The van der Waals surface area contributed by atoms with E-state index < -0.39 is 0 Å². The van der Waals surface area contributed by atoms with Gasteiger partial charge in [-0.25, -0.2) is 0 Å². The van der Waals surface area contributed by atoms with Crippen molar-refractivity contribution in [2.75, 3.05) is 37.6 Å². The number of aromatic hydroxyl groups is 1. The number of anilines is 1. The molecule has 0 amide bonds. The molecule has 1 aliphatic heterocycles. The van der Waals surface area contributed by atoms with E-state index in [4.69, 9.17) is 4.52 Å². The molecule has 0 atom stereocenters. The zero-order chi connectivity index (χ0) is 18.5. The number of aromatic nitrogens is 2. The second-order valence-electron chi connectivity index (χ2n) is 6.98. The molecule has 0 saturated carbocycles. The number of hydrogen-bond acceptors (Lipinski definition) is 5. The van der Waals surface area contributed by atoms with Crippen molar-refractivity contribution >= 4 is 5.69 Å². The van der Waals surface area contributed by atoms with Crippen LogP contribution in [-0.2, 0) is 6.42 Å². The van der Waals surface area contributed by atoms with Crippen LogP contribution in [0.25, 0.3) is 11.4 Å². The molecule has 140 valence electrons. The van der Waals surface area contributed by atoms with Crippen LogP contribution in [0.4, 0.5) is 5.69 Å². The highest BCUT2D eigenvalue weighted by Gasteiger charge is 2.20. The van der Waals surface area contributed by atoms with Crippen LogP contribution < -0.4 is 9.80 Å². The molecule has 3 aromatic rings. The minimum atomic E-state index is 0.319. The van der Waals surface area contributed by atoms with Gasteiger partial charge in [-0.1, -0.05) is 35.5 Å². The number of hydrogen-bond donors (Lipinski definition) is 2. The molecule has 2 heterocycles. The highest BCUT2D eigenvalue weighted by Crippen LogP contribution is 2.18. The monoisotopic (exact) mass is 365 g/mol. The van der Waals surface area contributed by atoms with E-state index in [-0.39, 0.29) is 0 Å². The number of piperazine rings is 1. The second kappa shape index (κ2) is 8.22. The number of aryl methyl sites for hydroxylation is 1. The maximum absolute atomic E-state index is 9.41. The first kappa shape index (κ1) is 17.5. The lowest BCUT2D eigenvalue weighted by molar-refractivity contribution is -0.900. The number of benzene rings is 2. The van der Waals surface area contributed by atoms with Crippen LogP contribution >= 0.6 is 0 Å². The molecule has 2 N–H and O–H groups in total. The normalized spacial score (nSPS) is 15.2. The van der Waals surface area contributed by atoms with E-state index in [9.17, 15) is 5.11 Å². The molecule has 0 radical (unpaired) electrons. The Morgan fingerprint density at radius 1 is 1.00 bits per heavy atom. The summed E-state index contributed by atoms with van der Waals surface area (Å²) in [5, 5.41) is 13.5. The molecule has 2 aromatic carbocycles. The first-order valence-electron chi connectivity index (χ1n) is 9.53. The molecule has 6 heteroatoms. The summed E-state index contributed by atoms with van der Waals surface area (Å²) in [5.74, 6) is 1.70. The Morgan fingerprint density at radius 2 is 1.74 bits per heavy atom. The fourth-order valence-electron chi connectivity index (χ4n) is 3.55. The van der Waals surface area contributed by atoms with Gasteiger partial charge in [-0.05, 0) is 24.3 Å². The van der Waals surface area contributed by atoms with Crippen molar-refractivity contribution in [3.05, 3.63) is 60.5 Å². The van der Waals surface area contributed by atoms with Gasteiger partial charge < -0.3 is 19.4 Å². The predicted octanol–water partition coefficient (Wildman–Crippen LogP) is 1.78. The summed E-state index contributed by atoms with van der Waals surface area (Å²) in [6, 6.07) is 17.4. The Morgan fingerprint density at radius 3 is 2.48 bits per heavy atom. The zero-order valence-corrected chi connectivity index (χ0v) is 15.3. The van der Waals surface area contributed by atoms with E-state index in [0.717, 1.165) is 57.0 Å². The Hall–Kier alpha value is -2.86. The van der Waals surface area contributed by atoms with Crippen LogP contribution in [0.15, 0.2) is 59.1 Å². The van der Waals surface area contributed by atoms with Crippen molar-refractivity contribution in [2.45, 2.75) is 12.8 Å². The number of rotatable bonds is 6. The summed E-state index contributed by atoms with van der Waals surface area (Å²) in [6.07, 6.45) is 1.87. The standard InChI is InChI=1S/C21H24N4O2/c26-19-10-8-18(9-11-19)25-15-13-24(14-16-25)12-4-7-20-22-21(23-27-20)17-5-2-1-3-6-17/h1-3,5-6,8-11,26H,4,7,12-16H2/p+1. The number of phenols is 1. The SMILES string of the molecule is Oc1ccc(N2CC[NH+](CCCc3nc(-c4ccccc4)no3)CC2)cc1. The second-order valence-corrected chi connectivity index (χ2v) is 6.98. The highest BCUT2D eigenvalue weighted by atomic mass is 16.5. The summed E-state index contributed by atoms with van der Waals surface area (Å²) in [4.78, 5) is 8.51. The third-order valence-corrected chi connectivity index (χ3v) is 5.11. The molecule has 0 bridgehead atoms. The first-order valence-corrected chi connectivity index (χ1v) is 9.53.